The van der Waals surface area contributed by atoms with Gasteiger partial charge in [-0.15, -0.1) is 0 Å². The molecule has 0 aliphatic rings. The van der Waals surface area contributed by atoms with Gasteiger partial charge in [0.05, 0.1) is 5.75 Å². The molecule has 0 radical (unpaired) electrons. The zero-order valence-electron chi connectivity index (χ0n) is 17.0. The van der Waals surface area contributed by atoms with Gasteiger partial charge in [-0.1, -0.05) is 61.0 Å². The molecule has 0 aromatic heterocycles. The Labute approximate surface area is 168 Å². The van der Waals surface area contributed by atoms with Crippen LogP contribution in [0.15, 0.2) is 53.5 Å². The van der Waals surface area contributed by atoms with Crippen molar-refractivity contribution in [3.8, 4) is 0 Å². The van der Waals surface area contributed by atoms with Crippen LogP contribution in [0.2, 0.25) is 0 Å². The van der Waals surface area contributed by atoms with Crippen LogP contribution >= 0.6 is 0 Å². The summed E-state index contributed by atoms with van der Waals surface area (Å²) in [6.45, 7) is 5.68. The van der Waals surface area contributed by atoms with Crippen LogP contribution in [-0.2, 0) is 22.3 Å². The number of rotatable bonds is 8. The lowest BCUT2D eigenvalue weighted by atomic mass is 9.99. The number of aliphatic imine (C=N–C) groups is 1. The largest absolute Gasteiger partial charge is 0.356 e. The van der Waals surface area contributed by atoms with Crippen molar-refractivity contribution in [2.45, 2.75) is 32.1 Å². The molecule has 2 aromatic carbocycles. The molecular weight excluding hydrogens is 372 g/mol. The fraction of sp³-hybridized carbons (Fsp3) is 0.381. The fourth-order valence-corrected chi connectivity index (χ4v) is 3.57. The molecule has 0 aliphatic heterocycles. The summed E-state index contributed by atoms with van der Waals surface area (Å²) in [5.41, 5.74) is 4.38. The first kappa shape index (κ1) is 21.9. The standard InChI is InChI=1S/C21H30N4O2S/c1-16-6-5-7-20(12-16)17(2)13-24-21(22-3)25-14-18-8-10-19(11-9-18)15-28(26,27)23-4/h5-12,17,23H,13-15H2,1-4H3,(H2,22,24,25). The minimum atomic E-state index is -3.25. The van der Waals surface area contributed by atoms with Crippen molar-refractivity contribution in [2.24, 2.45) is 4.99 Å². The molecule has 0 saturated carbocycles. The molecule has 0 fully saturated rings. The van der Waals surface area contributed by atoms with Gasteiger partial charge in [0, 0.05) is 20.1 Å². The van der Waals surface area contributed by atoms with Crippen LogP contribution in [0, 0.1) is 6.92 Å². The van der Waals surface area contributed by atoms with Gasteiger partial charge in [0.15, 0.2) is 5.96 Å². The quantitative estimate of drug-likeness (QED) is 0.468. The van der Waals surface area contributed by atoms with E-state index < -0.39 is 10.0 Å². The van der Waals surface area contributed by atoms with Crippen molar-refractivity contribution < 1.29 is 8.42 Å². The summed E-state index contributed by atoms with van der Waals surface area (Å²) in [5.74, 6) is 1.09. The van der Waals surface area contributed by atoms with Gasteiger partial charge in [0.2, 0.25) is 10.0 Å². The normalized spacial score (nSPS) is 13.2. The fourth-order valence-electron chi connectivity index (χ4n) is 2.80. The third-order valence-electron chi connectivity index (χ3n) is 4.56. The maximum Gasteiger partial charge on any atom is 0.215 e. The smallest absolute Gasteiger partial charge is 0.215 e. The van der Waals surface area contributed by atoms with Gasteiger partial charge >= 0.3 is 0 Å². The predicted molar refractivity (Wildman–Crippen MR) is 116 cm³/mol. The molecule has 0 aliphatic carbocycles. The summed E-state index contributed by atoms with van der Waals surface area (Å²) in [7, 11) is -0.0800. The molecule has 2 aromatic rings. The van der Waals surface area contributed by atoms with Crippen LogP contribution < -0.4 is 15.4 Å². The highest BCUT2D eigenvalue weighted by Crippen LogP contribution is 2.15. The van der Waals surface area contributed by atoms with Crippen molar-refractivity contribution in [3.05, 3.63) is 70.8 Å². The van der Waals surface area contributed by atoms with E-state index in [2.05, 4.69) is 58.5 Å². The monoisotopic (exact) mass is 402 g/mol. The Morgan fingerprint density at radius 1 is 1.07 bits per heavy atom. The first-order valence-electron chi connectivity index (χ1n) is 9.33. The topological polar surface area (TPSA) is 82.6 Å². The number of aryl methyl sites for hydroxylation is 1. The zero-order chi connectivity index (χ0) is 20.6. The van der Waals surface area contributed by atoms with Crippen LogP contribution in [0.3, 0.4) is 0 Å². The van der Waals surface area contributed by atoms with E-state index in [1.165, 1.54) is 18.2 Å². The molecule has 0 amide bonds. The van der Waals surface area contributed by atoms with Crippen LogP contribution in [0.5, 0.6) is 0 Å². The minimum Gasteiger partial charge on any atom is -0.356 e. The second-order valence-electron chi connectivity index (χ2n) is 6.90. The van der Waals surface area contributed by atoms with E-state index in [4.69, 9.17) is 0 Å². The zero-order valence-corrected chi connectivity index (χ0v) is 17.8. The predicted octanol–water partition coefficient (Wildman–Crippen LogP) is 2.51. The van der Waals surface area contributed by atoms with E-state index in [9.17, 15) is 8.42 Å². The molecule has 1 unspecified atom stereocenters. The van der Waals surface area contributed by atoms with Gasteiger partial charge in [0.1, 0.15) is 0 Å². The van der Waals surface area contributed by atoms with Gasteiger partial charge in [-0.25, -0.2) is 13.1 Å². The molecule has 1 atom stereocenters. The number of guanidine groups is 1. The molecular formula is C21H30N4O2S. The van der Waals surface area contributed by atoms with E-state index in [-0.39, 0.29) is 5.75 Å². The van der Waals surface area contributed by atoms with Crippen LogP contribution in [-0.4, -0.2) is 35.0 Å². The molecule has 152 valence electrons. The van der Waals surface area contributed by atoms with Gasteiger partial charge in [-0.2, -0.15) is 0 Å². The van der Waals surface area contributed by atoms with Crippen LogP contribution in [0.1, 0.15) is 35.1 Å². The summed E-state index contributed by atoms with van der Waals surface area (Å²) < 4.78 is 25.5. The lowest BCUT2D eigenvalue weighted by Gasteiger charge is -2.17. The second kappa shape index (κ2) is 10.2. The lowest BCUT2D eigenvalue weighted by molar-refractivity contribution is 0.587. The highest BCUT2D eigenvalue weighted by molar-refractivity contribution is 7.88. The number of sulfonamides is 1. The Balaban J connectivity index is 1.85. The maximum atomic E-state index is 11.6. The highest BCUT2D eigenvalue weighted by Gasteiger charge is 2.09. The Morgan fingerprint density at radius 2 is 1.75 bits per heavy atom. The highest BCUT2D eigenvalue weighted by atomic mass is 32.2. The number of benzene rings is 2. The molecule has 28 heavy (non-hydrogen) atoms. The molecule has 0 spiro atoms. The molecule has 0 bridgehead atoms. The van der Waals surface area contributed by atoms with Gasteiger partial charge in [-0.3, -0.25) is 4.99 Å². The molecule has 0 heterocycles. The van der Waals surface area contributed by atoms with E-state index in [1.54, 1.807) is 7.05 Å². The Kier molecular flexibility index (Phi) is 8.02. The third kappa shape index (κ3) is 6.98. The van der Waals surface area contributed by atoms with Crippen molar-refractivity contribution in [2.75, 3.05) is 20.6 Å². The molecule has 6 nitrogen and oxygen atoms in total. The average molecular weight is 403 g/mol. The number of hydrogen-bond donors (Lipinski definition) is 3. The van der Waals surface area contributed by atoms with Crippen molar-refractivity contribution in [1.29, 1.82) is 0 Å². The van der Waals surface area contributed by atoms with Gasteiger partial charge in [-0.05, 0) is 36.6 Å². The Bertz CT molecular complexity index is 893. The number of nitrogens with zero attached hydrogens (tertiary/aromatic N) is 1. The van der Waals surface area contributed by atoms with E-state index in [1.807, 2.05) is 24.3 Å². The summed E-state index contributed by atoms with van der Waals surface area (Å²) in [4.78, 5) is 4.27. The molecule has 3 N–H and O–H groups in total. The summed E-state index contributed by atoms with van der Waals surface area (Å²) in [6.07, 6.45) is 0. The van der Waals surface area contributed by atoms with Crippen molar-refractivity contribution in [3.63, 3.8) is 0 Å². The maximum absolute atomic E-state index is 11.6. The SMILES string of the molecule is CN=C(NCc1ccc(CS(=O)(=O)NC)cc1)NCC(C)c1cccc(C)c1. The van der Waals surface area contributed by atoms with Crippen molar-refractivity contribution in [1.82, 2.24) is 15.4 Å². The first-order valence-corrected chi connectivity index (χ1v) is 11.0. The molecule has 7 heteroatoms. The number of nitrogens with one attached hydrogen (secondary N) is 3. The summed E-state index contributed by atoms with van der Waals surface area (Å²) in [5, 5.41) is 6.65. The molecule has 2 rings (SSSR count). The minimum absolute atomic E-state index is 0.0166. The van der Waals surface area contributed by atoms with Gasteiger partial charge in [0.25, 0.3) is 0 Å². The summed E-state index contributed by atoms with van der Waals surface area (Å²) in [6, 6.07) is 16.1. The van der Waals surface area contributed by atoms with Crippen molar-refractivity contribution >= 4 is 16.0 Å². The Morgan fingerprint density at radius 3 is 2.36 bits per heavy atom. The van der Waals surface area contributed by atoms with E-state index in [0.717, 1.165) is 23.6 Å². The average Bonchev–Trinajstić information content (AvgIpc) is 2.69. The lowest BCUT2D eigenvalue weighted by Crippen LogP contribution is -2.38. The summed E-state index contributed by atoms with van der Waals surface area (Å²) >= 11 is 0. The van der Waals surface area contributed by atoms with E-state index >= 15 is 0 Å². The third-order valence-corrected chi connectivity index (χ3v) is 5.90. The van der Waals surface area contributed by atoms with Gasteiger partial charge < -0.3 is 10.6 Å². The molecule has 0 saturated heterocycles. The van der Waals surface area contributed by atoms with Crippen LogP contribution in [0.4, 0.5) is 0 Å². The van der Waals surface area contributed by atoms with Crippen LogP contribution in [0.25, 0.3) is 0 Å². The van der Waals surface area contributed by atoms with E-state index in [0.29, 0.717) is 12.5 Å². The number of hydrogen-bond acceptors (Lipinski definition) is 3. The first-order chi connectivity index (χ1) is 13.3. The Hall–Kier alpha value is -2.38. The second-order valence-corrected chi connectivity index (χ2v) is 8.83.